The number of aromatic nitrogens is 3. The molecule has 4 nitrogen and oxygen atoms in total. The summed E-state index contributed by atoms with van der Waals surface area (Å²) in [5, 5.41) is 10.1. The fourth-order valence-corrected chi connectivity index (χ4v) is 4.15. The Morgan fingerprint density at radius 1 is 1.22 bits per heavy atom. The second-order valence-electron chi connectivity index (χ2n) is 5.99. The predicted octanol–water partition coefficient (Wildman–Crippen LogP) is 4.72. The van der Waals surface area contributed by atoms with Crippen LogP contribution in [0.1, 0.15) is 37.9 Å². The molecule has 2 aromatic rings. The molecule has 0 amide bonds. The number of hydrogen-bond acceptors (Lipinski definition) is 4. The van der Waals surface area contributed by atoms with E-state index < -0.39 is 0 Å². The van der Waals surface area contributed by atoms with Crippen molar-refractivity contribution in [2.75, 3.05) is 5.75 Å². The van der Waals surface area contributed by atoms with Gasteiger partial charge in [-0.25, -0.2) is 0 Å². The second kappa shape index (κ2) is 8.06. The highest BCUT2D eigenvalue weighted by molar-refractivity contribution is 7.99. The normalized spacial score (nSPS) is 15.7. The molecule has 0 spiro atoms. The molecule has 124 valence electrons. The fourth-order valence-electron chi connectivity index (χ4n) is 2.85. The highest BCUT2D eigenvalue weighted by atomic mass is 35.5. The van der Waals surface area contributed by atoms with Crippen molar-refractivity contribution in [3.63, 3.8) is 0 Å². The second-order valence-corrected chi connectivity index (χ2v) is 7.39. The van der Waals surface area contributed by atoms with Crippen molar-refractivity contribution in [2.24, 2.45) is 13.0 Å². The van der Waals surface area contributed by atoms with Crippen molar-refractivity contribution in [1.29, 1.82) is 0 Å². The van der Waals surface area contributed by atoms with Crippen LogP contribution in [-0.4, -0.2) is 20.5 Å². The molecule has 0 radical (unpaired) electrons. The van der Waals surface area contributed by atoms with E-state index in [2.05, 4.69) is 10.2 Å². The van der Waals surface area contributed by atoms with Crippen molar-refractivity contribution in [3.8, 4) is 5.75 Å². The van der Waals surface area contributed by atoms with Gasteiger partial charge in [0.2, 0.25) is 0 Å². The quantitative estimate of drug-likeness (QED) is 0.706. The highest BCUT2D eigenvalue weighted by Crippen LogP contribution is 2.29. The van der Waals surface area contributed by atoms with Gasteiger partial charge in [-0.3, -0.25) is 0 Å². The van der Waals surface area contributed by atoms with Crippen LogP contribution < -0.4 is 4.74 Å². The number of nitrogens with zero attached hydrogens (tertiary/aromatic N) is 3. The van der Waals surface area contributed by atoms with Gasteiger partial charge < -0.3 is 9.30 Å². The van der Waals surface area contributed by atoms with Gasteiger partial charge in [-0.05, 0) is 30.9 Å². The van der Waals surface area contributed by atoms with E-state index in [1.54, 1.807) is 11.8 Å². The van der Waals surface area contributed by atoms with Crippen molar-refractivity contribution in [2.45, 2.75) is 43.9 Å². The first-order chi connectivity index (χ1) is 11.2. The standard InChI is InChI=1S/C17H22ClN3OS/c1-21-16(11-22-15-10-6-5-9-14(15)18)19-20-17(21)23-12-13-7-3-2-4-8-13/h5-6,9-10,13H,2-4,7-8,11-12H2,1H3. The molecule has 1 aliphatic carbocycles. The van der Waals surface area contributed by atoms with E-state index in [-0.39, 0.29) is 0 Å². The minimum atomic E-state index is 0.372. The molecule has 0 N–H and O–H groups in total. The third-order valence-corrected chi connectivity index (χ3v) is 5.86. The highest BCUT2D eigenvalue weighted by Gasteiger charge is 2.16. The maximum absolute atomic E-state index is 6.10. The van der Waals surface area contributed by atoms with Crippen molar-refractivity contribution in [1.82, 2.24) is 14.8 Å². The van der Waals surface area contributed by atoms with Crippen LogP contribution in [0.3, 0.4) is 0 Å². The average Bonchev–Trinajstić information content (AvgIpc) is 2.93. The Hall–Kier alpha value is -1.20. The number of rotatable bonds is 6. The lowest BCUT2D eigenvalue weighted by Crippen LogP contribution is -2.09. The Kier molecular flexibility index (Phi) is 5.84. The molecule has 1 fully saturated rings. The zero-order valence-corrected chi connectivity index (χ0v) is 14.9. The minimum Gasteiger partial charge on any atom is -0.484 e. The van der Waals surface area contributed by atoms with Crippen LogP contribution in [0.4, 0.5) is 0 Å². The molecule has 1 aliphatic rings. The average molecular weight is 352 g/mol. The zero-order valence-electron chi connectivity index (χ0n) is 13.4. The lowest BCUT2D eigenvalue weighted by Gasteiger charge is -2.20. The summed E-state index contributed by atoms with van der Waals surface area (Å²) in [6, 6.07) is 7.47. The van der Waals surface area contributed by atoms with E-state index in [1.165, 1.54) is 32.1 Å². The Labute approximate surface area is 146 Å². The van der Waals surface area contributed by atoms with Crippen LogP contribution >= 0.6 is 23.4 Å². The van der Waals surface area contributed by atoms with Gasteiger partial charge in [0.15, 0.2) is 11.0 Å². The third-order valence-electron chi connectivity index (χ3n) is 4.29. The molecule has 23 heavy (non-hydrogen) atoms. The molecule has 0 atom stereocenters. The smallest absolute Gasteiger partial charge is 0.191 e. The van der Waals surface area contributed by atoms with Crippen molar-refractivity contribution < 1.29 is 4.74 Å². The van der Waals surface area contributed by atoms with E-state index in [0.29, 0.717) is 17.4 Å². The van der Waals surface area contributed by atoms with Crippen molar-refractivity contribution in [3.05, 3.63) is 35.1 Å². The molecular weight excluding hydrogens is 330 g/mol. The van der Waals surface area contributed by atoms with Crippen LogP contribution in [0.5, 0.6) is 5.75 Å². The minimum absolute atomic E-state index is 0.372. The summed E-state index contributed by atoms with van der Waals surface area (Å²) in [6.07, 6.45) is 6.86. The van der Waals surface area contributed by atoms with Crippen LogP contribution in [0.25, 0.3) is 0 Å². The van der Waals surface area contributed by atoms with Crippen LogP contribution in [-0.2, 0) is 13.7 Å². The summed E-state index contributed by atoms with van der Waals surface area (Å²) >= 11 is 7.91. The number of benzene rings is 1. The van der Waals surface area contributed by atoms with E-state index in [0.717, 1.165) is 22.7 Å². The van der Waals surface area contributed by atoms with Crippen LogP contribution in [0.2, 0.25) is 5.02 Å². The van der Waals surface area contributed by atoms with Gasteiger partial charge in [0.25, 0.3) is 0 Å². The number of hydrogen-bond donors (Lipinski definition) is 0. The Bertz CT molecular complexity index is 641. The monoisotopic (exact) mass is 351 g/mol. The molecule has 1 aromatic carbocycles. The molecule has 6 heteroatoms. The fraction of sp³-hybridized carbons (Fsp3) is 0.529. The Morgan fingerprint density at radius 2 is 2.00 bits per heavy atom. The predicted molar refractivity (Wildman–Crippen MR) is 94.1 cm³/mol. The summed E-state index contributed by atoms with van der Waals surface area (Å²) in [7, 11) is 1.99. The van der Waals surface area contributed by atoms with Crippen LogP contribution in [0, 0.1) is 5.92 Å². The first-order valence-electron chi connectivity index (χ1n) is 8.12. The molecule has 1 heterocycles. The number of para-hydroxylation sites is 1. The summed E-state index contributed by atoms with van der Waals surface area (Å²) in [5.41, 5.74) is 0. The topological polar surface area (TPSA) is 39.9 Å². The van der Waals surface area contributed by atoms with Gasteiger partial charge in [0.1, 0.15) is 12.4 Å². The molecule has 3 rings (SSSR count). The molecule has 0 unspecified atom stereocenters. The molecular formula is C17H22ClN3OS. The van der Waals surface area contributed by atoms with E-state index in [1.807, 2.05) is 35.9 Å². The van der Waals surface area contributed by atoms with Gasteiger partial charge >= 0.3 is 0 Å². The first kappa shape index (κ1) is 16.7. The maximum atomic E-state index is 6.10. The summed E-state index contributed by atoms with van der Waals surface area (Å²) in [5.74, 6) is 3.45. The molecule has 0 saturated heterocycles. The maximum Gasteiger partial charge on any atom is 0.191 e. The van der Waals surface area contributed by atoms with Crippen molar-refractivity contribution >= 4 is 23.4 Å². The summed E-state index contributed by atoms with van der Waals surface area (Å²) in [4.78, 5) is 0. The summed E-state index contributed by atoms with van der Waals surface area (Å²) < 4.78 is 7.77. The molecule has 0 aliphatic heterocycles. The number of ether oxygens (including phenoxy) is 1. The van der Waals surface area contributed by atoms with Gasteiger partial charge in [0.05, 0.1) is 5.02 Å². The van der Waals surface area contributed by atoms with E-state index >= 15 is 0 Å². The van der Waals surface area contributed by atoms with Crippen LogP contribution in [0.15, 0.2) is 29.4 Å². The lowest BCUT2D eigenvalue weighted by atomic mass is 9.91. The van der Waals surface area contributed by atoms with E-state index in [9.17, 15) is 0 Å². The van der Waals surface area contributed by atoms with Gasteiger partial charge in [0, 0.05) is 12.8 Å². The molecule has 1 saturated carbocycles. The number of thioether (sulfide) groups is 1. The zero-order chi connectivity index (χ0) is 16.1. The van der Waals surface area contributed by atoms with Gasteiger partial charge in [-0.15, -0.1) is 10.2 Å². The molecule has 1 aromatic heterocycles. The Balaban J connectivity index is 1.55. The largest absolute Gasteiger partial charge is 0.484 e. The number of halogens is 1. The molecule has 0 bridgehead atoms. The van der Waals surface area contributed by atoms with E-state index in [4.69, 9.17) is 16.3 Å². The SMILES string of the molecule is Cn1c(COc2ccccc2Cl)nnc1SCC1CCCCC1. The lowest BCUT2D eigenvalue weighted by molar-refractivity contribution is 0.290. The third kappa shape index (κ3) is 4.42. The first-order valence-corrected chi connectivity index (χ1v) is 9.49. The summed E-state index contributed by atoms with van der Waals surface area (Å²) in [6.45, 7) is 0.372. The Morgan fingerprint density at radius 3 is 2.78 bits per heavy atom. The van der Waals surface area contributed by atoms with Gasteiger partial charge in [-0.2, -0.15) is 0 Å². The van der Waals surface area contributed by atoms with Gasteiger partial charge in [-0.1, -0.05) is 54.8 Å².